The van der Waals surface area contributed by atoms with Crippen LogP contribution < -0.4 is 10.2 Å². The van der Waals surface area contributed by atoms with E-state index in [0.717, 1.165) is 37.3 Å². The molecule has 2 fully saturated rings. The average molecular weight is 344 g/mol. The second-order valence-corrected chi connectivity index (χ2v) is 7.19. The van der Waals surface area contributed by atoms with E-state index in [9.17, 15) is 14.7 Å². The number of nitrogens with one attached hydrogen (secondary N) is 1. The smallest absolute Gasteiger partial charge is 0.244 e. The maximum atomic E-state index is 12.1. The van der Waals surface area contributed by atoms with Crippen molar-refractivity contribution in [1.29, 1.82) is 0 Å². The van der Waals surface area contributed by atoms with E-state index in [0.29, 0.717) is 19.4 Å². The topological polar surface area (TPSA) is 76.1 Å². The summed E-state index contributed by atoms with van der Waals surface area (Å²) < 4.78 is 0. The first-order valence-corrected chi connectivity index (χ1v) is 8.87. The number of benzene rings is 1. The Hall–Kier alpha value is -1.96. The normalized spacial score (nSPS) is 28.2. The Morgan fingerprint density at radius 2 is 1.92 bits per heavy atom. The third-order valence-electron chi connectivity index (χ3n) is 5.55. The highest BCUT2D eigenvalue weighted by molar-refractivity contribution is 6.00. The number of carbonyl (C=O) groups is 2. The van der Waals surface area contributed by atoms with Crippen LogP contribution in [0.15, 0.2) is 18.2 Å². The Morgan fingerprint density at radius 1 is 1.16 bits per heavy atom. The molecule has 1 aromatic rings. The lowest BCUT2D eigenvalue weighted by Crippen LogP contribution is -2.51. The number of imide groups is 1. The molecule has 4 rings (SSSR count). The zero-order valence-corrected chi connectivity index (χ0v) is 14.4. The average Bonchev–Trinajstić information content (AvgIpc) is 2.92. The van der Waals surface area contributed by atoms with Crippen LogP contribution in [-0.2, 0) is 16.1 Å². The van der Waals surface area contributed by atoms with Crippen LogP contribution in [0.4, 0.5) is 5.69 Å². The molecule has 3 heterocycles. The molecule has 2 atom stereocenters. The van der Waals surface area contributed by atoms with E-state index in [1.807, 2.05) is 6.07 Å². The van der Waals surface area contributed by atoms with Crippen molar-refractivity contribution in [2.75, 3.05) is 38.1 Å². The van der Waals surface area contributed by atoms with Gasteiger partial charge in [-0.2, -0.15) is 0 Å². The quantitative estimate of drug-likeness (QED) is 0.739. The number of piperazine rings is 1. The molecule has 0 aromatic heterocycles. The molecule has 0 bridgehead atoms. The van der Waals surface area contributed by atoms with Crippen molar-refractivity contribution in [2.24, 2.45) is 0 Å². The van der Waals surface area contributed by atoms with E-state index in [1.54, 1.807) is 4.90 Å². The molecule has 134 valence electrons. The van der Waals surface area contributed by atoms with Crippen molar-refractivity contribution in [1.82, 2.24) is 15.1 Å². The third-order valence-corrected chi connectivity index (χ3v) is 5.55. The number of piperidine rings is 1. The maximum Gasteiger partial charge on any atom is 0.244 e. The van der Waals surface area contributed by atoms with E-state index in [1.165, 1.54) is 5.69 Å². The number of anilines is 1. The standard InChI is InChI=1S/C18H24N4O3/c1-20-6-8-21(9-7-20)13-2-3-14-12(10-13)11-22(18(14)25)15-4-5-16(23)19-17(15)24/h2-3,10,15,18,25H,4-9,11H2,1H3,(H,19,23,24). The molecule has 1 aromatic carbocycles. The number of aliphatic hydroxyl groups excluding tert-OH is 1. The molecule has 0 saturated carbocycles. The minimum atomic E-state index is -0.791. The van der Waals surface area contributed by atoms with Crippen LogP contribution in [-0.4, -0.2) is 66.0 Å². The predicted molar refractivity (Wildman–Crippen MR) is 92.8 cm³/mol. The van der Waals surface area contributed by atoms with E-state index >= 15 is 0 Å². The van der Waals surface area contributed by atoms with Crippen molar-refractivity contribution in [3.05, 3.63) is 29.3 Å². The number of aliphatic hydroxyl groups is 1. The summed E-state index contributed by atoms with van der Waals surface area (Å²) in [6, 6.07) is 5.71. The second-order valence-electron chi connectivity index (χ2n) is 7.19. The monoisotopic (exact) mass is 344 g/mol. The number of fused-ring (bicyclic) bond motifs is 1. The van der Waals surface area contributed by atoms with Gasteiger partial charge in [0.25, 0.3) is 0 Å². The zero-order chi connectivity index (χ0) is 17.6. The summed E-state index contributed by atoms with van der Waals surface area (Å²) in [4.78, 5) is 30.0. The summed E-state index contributed by atoms with van der Waals surface area (Å²) in [5.74, 6) is -0.535. The Balaban J connectivity index is 1.52. The van der Waals surface area contributed by atoms with Crippen molar-refractivity contribution >= 4 is 17.5 Å². The number of hydrogen-bond acceptors (Lipinski definition) is 6. The van der Waals surface area contributed by atoms with Crippen LogP contribution >= 0.6 is 0 Å². The molecule has 2 N–H and O–H groups in total. The lowest BCUT2D eigenvalue weighted by molar-refractivity contribution is -0.141. The Morgan fingerprint density at radius 3 is 2.64 bits per heavy atom. The van der Waals surface area contributed by atoms with Gasteiger partial charge in [-0.1, -0.05) is 6.07 Å². The summed E-state index contributed by atoms with van der Waals surface area (Å²) >= 11 is 0. The summed E-state index contributed by atoms with van der Waals surface area (Å²) in [7, 11) is 2.13. The molecular weight excluding hydrogens is 320 g/mol. The van der Waals surface area contributed by atoms with Gasteiger partial charge in [0.1, 0.15) is 6.23 Å². The fourth-order valence-electron chi connectivity index (χ4n) is 3.98. The summed E-state index contributed by atoms with van der Waals surface area (Å²) in [6.07, 6.45) is -0.00991. The number of hydrogen-bond donors (Lipinski definition) is 2. The molecular formula is C18H24N4O3. The first-order valence-electron chi connectivity index (χ1n) is 8.87. The second kappa shape index (κ2) is 6.40. The van der Waals surface area contributed by atoms with Crippen LogP contribution in [0.5, 0.6) is 0 Å². The summed E-state index contributed by atoms with van der Waals surface area (Å²) in [5, 5.41) is 13.0. The largest absolute Gasteiger partial charge is 0.374 e. The molecule has 2 saturated heterocycles. The van der Waals surface area contributed by atoms with Gasteiger partial charge in [0.15, 0.2) is 0 Å². The van der Waals surface area contributed by atoms with Gasteiger partial charge < -0.3 is 14.9 Å². The van der Waals surface area contributed by atoms with Gasteiger partial charge in [-0.05, 0) is 31.2 Å². The molecule has 7 heteroatoms. The molecule has 2 unspecified atom stereocenters. The molecule has 7 nitrogen and oxygen atoms in total. The van der Waals surface area contributed by atoms with E-state index in [4.69, 9.17) is 0 Å². The number of rotatable bonds is 2. The van der Waals surface area contributed by atoms with Gasteiger partial charge in [-0.15, -0.1) is 0 Å². The van der Waals surface area contributed by atoms with Crippen molar-refractivity contribution in [3.8, 4) is 0 Å². The Bertz CT molecular complexity index is 700. The van der Waals surface area contributed by atoms with Crippen LogP contribution in [0.1, 0.15) is 30.2 Å². The first-order chi connectivity index (χ1) is 12.0. The van der Waals surface area contributed by atoms with Gasteiger partial charge >= 0.3 is 0 Å². The summed E-state index contributed by atoms with van der Waals surface area (Å²) in [5.41, 5.74) is 3.10. The fourth-order valence-corrected chi connectivity index (χ4v) is 3.98. The molecule has 0 aliphatic carbocycles. The van der Waals surface area contributed by atoms with Gasteiger partial charge in [-0.25, -0.2) is 0 Å². The minimum absolute atomic E-state index is 0.232. The van der Waals surface area contributed by atoms with Gasteiger partial charge in [-0.3, -0.25) is 19.8 Å². The summed E-state index contributed by atoms with van der Waals surface area (Å²) in [6.45, 7) is 4.61. The van der Waals surface area contributed by atoms with Crippen LogP contribution in [0.2, 0.25) is 0 Å². The van der Waals surface area contributed by atoms with E-state index in [2.05, 4.69) is 34.3 Å². The van der Waals surface area contributed by atoms with Gasteiger partial charge in [0.05, 0.1) is 6.04 Å². The Labute approximate surface area is 147 Å². The highest BCUT2D eigenvalue weighted by Crippen LogP contribution is 2.37. The van der Waals surface area contributed by atoms with Crippen LogP contribution in [0.3, 0.4) is 0 Å². The number of likely N-dealkylation sites (N-methyl/N-ethyl adjacent to an activating group) is 1. The molecule has 0 radical (unpaired) electrons. The highest BCUT2D eigenvalue weighted by atomic mass is 16.3. The lowest BCUT2D eigenvalue weighted by atomic mass is 10.0. The van der Waals surface area contributed by atoms with Gasteiger partial charge in [0, 0.05) is 50.4 Å². The zero-order valence-electron chi connectivity index (χ0n) is 14.4. The van der Waals surface area contributed by atoms with E-state index in [-0.39, 0.29) is 11.8 Å². The molecule has 2 amide bonds. The third kappa shape index (κ3) is 3.03. The molecule has 3 aliphatic heterocycles. The molecule has 0 spiro atoms. The first kappa shape index (κ1) is 16.5. The lowest BCUT2D eigenvalue weighted by Gasteiger charge is -2.34. The highest BCUT2D eigenvalue weighted by Gasteiger charge is 2.39. The van der Waals surface area contributed by atoms with Crippen LogP contribution in [0, 0.1) is 0 Å². The van der Waals surface area contributed by atoms with Crippen molar-refractivity contribution < 1.29 is 14.7 Å². The maximum absolute atomic E-state index is 12.1. The SMILES string of the molecule is CN1CCN(c2ccc3c(c2)CN(C2CCC(=O)NC2=O)C3O)CC1. The number of carbonyl (C=O) groups excluding carboxylic acids is 2. The number of amides is 2. The van der Waals surface area contributed by atoms with Crippen LogP contribution in [0.25, 0.3) is 0 Å². The fraction of sp³-hybridized carbons (Fsp3) is 0.556. The Kier molecular flexibility index (Phi) is 4.23. The number of nitrogens with zero attached hydrogens (tertiary/aromatic N) is 3. The van der Waals surface area contributed by atoms with Gasteiger partial charge in [0.2, 0.25) is 11.8 Å². The van der Waals surface area contributed by atoms with Crippen molar-refractivity contribution in [2.45, 2.75) is 31.7 Å². The molecule has 25 heavy (non-hydrogen) atoms. The molecule has 3 aliphatic rings. The minimum Gasteiger partial charge on any atom is -0.374 e. The van der Waals surface area contributed by atoms with E-state index < -0.39 is 12.3 Å². The predicted octanol–water partition coefficient (Wildman–Crippen LogP) is 0.0501. The van der Waals surface area contributed by atoms with Crippen molar-refractivity contribution in [3.63, 3.8) is 0 Å².